The van der Waals surface area contributed by atoms with E-state index in [-0.39, 0.29) is 0 Å². The Bertz CT molecular complexity index is 603. The zero-order valence-corrected chi connectivity index (χ0v) is 19.1. The first-order valence-corrected chi connectivity index (χ1v) is 12.6. The molecule has 0 atom stereocenters. The molecule has 2 nitrogen and oxygen atoms in total. The summed E-state index contributed by atoms with van der Waals surface area (Å²) in [5, 5.41) is 4.21. The van der Waals surface area contributed by atoms with Crippen LogP contribution in [0.5, 0.6) is 0 Å². The van der Waals surface area contributed by atoms with Gasteiger partial charge in [0.2, 0.25) is 0 Å². The van der Waals surface area contributed by atoms with Crippen molar-refractivity contribution in [3.63, 3.8) is 0 Å². The van der Waals surface area contributed by atoms with Crippen LogP contribution in [0.2, 0.25) is 21.6 Å². The standard InChI is InChI=1S/C22H36ClNOSi/c1-16(2)26(17(3)4,18(5)6)25-14-11-20-15-21(23)7-8-22(20)19-9-12-24-13-10-19/h7-9,15-18,24H,10-14H2,1-6H3. The van der Waals surface area contributed by atoms with Crippen molar-refractivity contribution in [2.45, 2.75) is 71.0 Å². The molecule has 0 amide bonds. The molecule has 0 saturated heterocycles. The number of hydrogen-bond acceptors (Lipinski definition) is 2. The Balaban J connectivity index is 2.18. The van der Waals surface area contributed by atoms with E-state index in [2.05, 4.69) is 65.1 Å². The maximum Gasteiger partial charge on any atom is 0.200 e. The zero-order chi connectivity index (χ0) is 19.3. The van der Waals surface area contributed by atoms with E-state index in [4.69, 9.17) is 16.0 Å². The molecule has 1 aromatic carbocycles. The van der Waals surface area contributed by atoms with Gasteiger partial charge in [-0.05, 0) is 64.8 Å². The first-order chi connectivity index (χ1) is 12.3. The van der Waals surface area contributed by atoms with Crippen molar-refractivity contribution in [1.82, 2.24) is 5.32 Å². The molecule has 0 unspecified atom stereocenters. The van der Waals surface area contributed by atoms with Crippen LogP contribution in [-0.4, -0.2) is 28.0 Å². The summed E-state index contributed by atoms with van der Waals surface area (Å²) < 4.78 is 6.76. The minimum absolute atomic E-state index is 0.619. The molecule has 4 heteroatoms. The van der Waals surface area contributed by atoms with Crippen LogP contribution in [0.3, 0.4) is 0 Å². The maximum absolute atomic E-state index is 6.76. The monoisotopic (exact) mass is 393 g/mol. The summed E-state index contributed by atoms with van der Waals surface area (Å²) in [5.74, 6) is 0. The largest absolute Gasteiger partial charge is 0.416 e. The maximum atomic E-state index is 6.76. The van der Waals surface area contributed by atoms with Crippen molar-refractivity contribution in [3.8, 4) is 0 Å². The van der Waals surface area contributed by atoms with Crippen LogP contribution >= 0.6 is 11.6 Å². The molecular formula is C22H36ClNOSi. The third kappa shape index (κ3) is 4.81. The quantitative estimate of drug-likeness (QED) is 0.512. The van der Waals surface area contributed by atoms with Gasteiger partial charge in [-0.15, -0.1) is 0 Å². The van der Waals surface area contributed by atoms with Crippen LogP contribution in [0.15, 0.2) is 24.3 Å². The molecule has 0 saturated carbocycles. The van der Waals surface area contributed by atoms with Gasteiger partial charge in [0.1, 0.15) is 0 Å². The molecule has 0 aliphatic carbocycles. The van der Waals surface area contributed by atoms with Crippen molar-refractivity contribution < 1.29 is 4.43 Å². The van der Waals surface area contributed by atoms with Gasteiger partial charge in [0.05, 0.1) is 0 Å². The lowest BCUT2D eigenvalue weighted by atomic mass is 9.94. The van der Waals surface area contributed by atoms with E-state index in [0.29, 0.717) is 16.6 Å². The SMILES string of the molecule is CC(C)[Si](OCCc1cc(Cl)ccc1C1=CCNCC1)(C(C)C)C(C)C. The average Bonchev–Trinajstić information content (AvgIpc) is 2.58. The van der Waals surface area contributed by atoms with Gasteiger partial charge in [0, 0.05) is 18.2 Å². The van der Waals surface area contributed by atoms with E-state index < -0.39 is 8.32 Å². The minimum atomic E-state index is -1.81. The molecule has 2 rings (SSSR count). The van der Waals surface area contributed by atoms with Crippen LogP contribution < -0.4 is 5.32 Å². The predicted molar refractivity (Wildman–Crippen MR) is 118 cm³/mol. The Hall–Kier alpha value is -0.613. The Kier molecular flexibility index (Phi) is 7.96. The van der Waals surface area contributed by atoms with Crippen LogP contribution in [0, 0.1) is 0 Å². The molecule has 1 heterocycles. The molecule has 0 radical (unpaired) electrons. The first kappa shape index (κ1) is 21.7. The second-order valence-electron chi connectivity index (χ2n) is 8.40. The van der Waals surface area contributed by atoms with Crippen LogP contribution in [0.25, 0.3) is 5.57 Å². The van der Waals surface area contributed by atoms with Crippen molar-refractivity contribution in [2.24, 2.45) is 0 Å². The summed E-state index contributed by atoms with van der Waals surface area (Å²) in [6.07, 6.45) is 4.33. The molecule has 26 heavy (non-hydrogen) atoms. The lowest BCUT2D eigenvalue weighted by molar-refractivity contribution is 0.281. The van der Waals surface area contributed by atoms with E-state index in [9.17, 15) is 0 Å². The van der Waals surface area contributed by atoms with Crippen molar-refractivity contribution in [1.29, 1.82) is 0 Å². The molecule has 0 bridgehead atoms. The summed E-state index contributed by atoms with van der Waals surface area (Å²) in [6, 6.07) is 6.33. The summed E-state index contributed by atoms with van der Waals surface area (Å²) in [5.41, 5.74) is 5.97. The average molecular weight is 394 g/mol. The Labute approximate surface area is 166 Å². The molecule has 0 aromatic heterocycles. The van der Waals surface area contributed by atoms with Crippen LogP contribution in [0.1, 0.15) is 59.1 Å². The number of nitrogens with one attached hydrogen (secondary N) is 1. The van der Waals surface area contributed by atoms with Gasteiger partial charge in [-0.2, -0.15) is 0 Å². The molecular weight excluding hydrogens is 358 g/mol. The van der Waals surface area contributed by atoms with Gasteiger partial charge in [-0.1, -0.05) is 65.3 Å². The van der Waals surface area contributed by atoms with E-state index in [0.717, 1.165) is 37.6 Å². The highest BCUT2D eigenvalue weighted by Gasteiger charge is 2.44. The van der Waals surface area contributed by atoms with Crippen molar-refractivity contribution in [2.75, 3.05) is 19.7 Å². The second kappa shape index (κ2) is 9.54. The van der Waals surface area contributed by atoms with Crippen molar-refractivity contribution >= 4 is 25.5 Å². The van der Waals surface area contributed by atoms with E-state index in [1.54, 1.807) is 0 Å². The van der Waals surface area contributed by atoms with E-state index in [1.807, 2.05) is 6.07 Å². The van der Waals surface area contributed by atoms with Gasteiger partial charge >= 0.3 is 0 Å². The minimum Gasteiger partial charge on any atom is -0.416 e. The lowest BCUT2D eigenvalue weighted by Gasteiger charge is -2.42. The molecule has 1 aromatic rings. The van der Waals surface area contributed by atoms with Gasteiger partial charge in [-0.25, -0.2) is 0 Å². The summed E-state index contributed by atoms with van der Waals surface area (Å²) >= 11 is 6.31. The fourth-order valence-corrected chi connectivity index (χ4v) is 10.4. The molecule has 0 spiro atoms. The van der Waals surface area contributed by atoms with Gasteiger partial charge in [0.25, 0.3) is 0 Å². The molecule has 1 aliphatic heterocycles. The van der Waals surface area contributed by atoms with Gasteiger partial charge in [0.15, 0.2) is 8.32 Å². The van der Waals surface area contributed by atoms with E-state index in [1.165, 1.54) is 16.7 Å². The number of hydrogen-bond donors (Lipinski definition) is 1. The number of halogens is 1. The number of benzene rings is 1. The Morgan fingerprint density at radius 2 is 1.73 bits per heavy atom. The van der Waals surface area contributed by atoms with Crippen LogP contribution in [-0.2, 0) is 10.8 Å². The highest BCUT2D eigenvalue weighted by Crippen LogP contribution is 2.42. The lowest BCUT2D eigenvalue weighted by Crippen LogP contribution is -2.48. The molecule has 1 aliphatic rings. The predicted octanol–water partition coefficient (Wildman–Crippen LogP) is 6.45. The highest BCUT2D eigenvalue weighted by molar-refractivity contribution is 6.77. The van der Waals surface area contributed by atoms with Crippen LogP contribution in [0.4, 0.5) is 0 Å². The molecule has 146 valence electrons. The van der Waals surface area contributed by atoms with Gasteiger partial charge < -0.3 is 9.74 Å². The first-order valence-electron chi connectivity index (χ1n) is 10.1. The third-order valence-electron chi connectivity index (χ3n) is 5.91. The molecule has 1 N–H and O–H groups in total. The normalized spacial score (nSPS) is 15.8. The fourth-order valence-electron chi connectivity index (χ4n) is 4.79. The molecule has 0 fully saturated rings. The topological polar surface area (TPSA) is 21.3 Å². The fraction of sp³-hybridized carbons (Fsp3) is 0.636. The van der Waals surface area contributed by atoms with E-state index >= 15 is 0 Å². The smallest absolute Gasteiger partial charge is 0.200 e. The Morgan fingerprint density at radius 3 is 2.27 bits per heavy atom. The highest BCUT2D eigenvalue weighted by atomic mass is 35.5. The third-order valence-corrected chi connectivity index (χ3v) is 12.3. The number of rotatable bonds is 8. The summed E-state index contributed by atoms with van der Waals surface area (Å²) in [6.45, 7) is 16.9. The Morgan fingerprint density at radius 1 is 1.08 bits per heavy atom. The zero-order valence-electron chi connectivity index (χ0n) is 17.4. The summed E-state index contributed by atoms with van der Waals surface area (Å²) in [7, 11) is -1.81. The van der Waals surface area contributed by atoms with Gasteiger partial charge in [-0.3, -0.25) is 0 Å². The van der Waals surface area contributed by atoms with Crippen molar-refractivity contribution in [3.05, 3.63) is 40.4 Å². The second-order valence-corrected chi connectivity index (χ2v) is 14.3. The summed E-state index contributed by atoms with van der Waals surface area (Å²) in [4.78, 5) is 0.